The first-order valence-electron chi connectivity index (χ1n) is 7.05. The number of carbonyl (C=O) groups excluding carboxylic acids is 2. The quantitative estimate of drug-likeness (QED) is 0.770. The number of amides is 3. The van der Waals surface area contributed by atoms with E-state index < -0.39 is 5.91 Å². The van der Waals surface area contributed by atoms with Crippen LogP contribution in [0, 0.1) is 0 Å². The Labute approximate surface area is 125 Å². The molecular formula is C15H23N3O3. The van der Waals surface area contributed by atoms with Crippen LogP contribution in [-0.4, -0.2) is 37.0 Å². The number of anilines is 1. The number of ether oxygens (including phenoxy) is 1. The monoisotopic (exact) mass is 293 g/mol. The molecule has 0 heterocycles. The first kappa shape index (κ1) is 16.8. The van der Waals surface area contributed by atoms with Crippen molar-refractivity contribution in [1.29, 1.82) is 0 Å². The van der Waals surface area contributed by atoms with Crippen molar-refractivity contribution < 1.29 is 14.3 Å². The Morgan fingerprint density at radius 2 is 2.00 bits per heavy atom. The van der Waals surface area contributed by atoms with Gasteiger partial charge in [-0.05, 0) is 18.6 Å². The van der Waals surface area contributed by atoms with Gasteiger partial charge in [0.05, 0.1) is 12.8 Å². The smallest absolute Gasteiger partial charge is 0.321 e. The summed E-state index contributed by atoms with van der Waals surface area (Å²) >= 11 is 0. The van der Waals surface area contributed by atoms with Gasteiger partial charge >= 0.3 is 6.03 Å². The van der Waals surface area contributed by atoms with E-state index in [0.717, 1.165) is 12.8 Å². The maximum absolute atomic E-state index is 12.3. The first-order valence-corrected chi connectivity index (χ1v) is 7.05. The van der Waals surface area contributed by atoms with Gasteiger partial charge in [0.15, 0.2) is 0 Å². The van der Waals surface area contributed by atoms with Crippen molar-refractivity contribution in [1.82, 2.24) is 4.90 Å². The maximum Gasteiger partial charge on any atom is 0.321 e. The second-order valence-electron chi connectivity index (χ2n) is 4.69. The van der Waals surface area contributed by atoms with Crippen molar-refractivity contribution in [3.05, 3.63) is 24.3 Å². The molecule has 0 unspecified atom stereocenters. The van der Waals surface area contributed by atoms with Crippen LogP contribution in [-0.2, 0) is 4.79 Å². The van der Waals surface area contributed by atoms with Crippen molar-refractivity contribution in [2.24, 2.45) is 5.73 Å². The Morgan fingerprint density at radius 3 is 2.62 bits per heavy atom. The van der Waals surface area contributed by atoms with E-state index in [9.17, 15) is 9.59 Å². The molecule has 0 aromatic heterocycles. The summed E-state index contributed by atoms with van der Waals surface area (Å²) in [5, 5.41) is 2.80. The number of para-hydroxylation sites is 2. The molecule has 1 aromatic carbocycles. The molecule has 1 rings (SSSR count). The van der Waals surface area contributed by atoms with Gasteiger partial charge in [-0.2, -0.15) is 0 Å². The number of nitrogens with zero attached hydrogens (tertiary/aromatic N) is 1. The normalized spacial score (nSPS) is 10.0. The number of nitrogens with two attached hydrogens (primary N) is 1. The SMILES string of the molecule is CCCCN(CCC(N)=O)C(=O)Nc1ccccc1OC. The second-order valence-corrected chi connectivity index (χ2v) is 4.69. The van der Waals surface area contributed by atoms with E-state index in [1.165, 1.54) is 0 Å². The van der Waals surface area contributed by atoms with E-state index in [1.807, 2.05) is 19.1 Å². The number of primary amides is 1. The van der Waals surface area contributed by atoms with Crippen LogP contribution in [0.5, 0.6) is 5.75 Å². The third-order valence-electron chi connectivity index (χ3n) is 3.05. The number of benzene rings is 1. The van der Waals surface area contributed by atoms with Gasteiger partial charge in [-0.3, -0.25) is 4.79 Å². The van der Waals surface area contributed by atoms with Gasteiger partial charge in [0.2, 0.25) is 5.91 Å². The summed E-state index contributed by atoms with van der Waals surface area (Å²) in [7, 11) is 1.55. The van der Waals surface area contributed by atoms with Gasteiger partial charge in [0, 0.05) is 19.5 Å². The number of hydrogen-bond donors (Lipinski definition) is 2. The lowest BCUT2D eigenvalue weighted by atomic mass is 10.3. The number of methoxy groups -OCH3 is 1. The minimum absolute atomic E-state index is 0.156. The number of hydrogen-bond acceptors (Lipinski definition) is 3. The van der Waals surface area contributed by atoms with E-state index in [2.05, 4.69) is 5.32 Å². The van der Waals surface area contributed by atoms with Crippen LogP contribution in [0.4, 0.5) is 10.5 Å². The third-order valence-corrected chi connectivity index (χ3v) is 3.05. The molecule has 3 amide bonds. The van der Waals surface area contributed by atoms with Gasteiger partial charge in [0.25, 0.3) is 0 Å². The highest BCUT2D eigenvalue weighted by Crippen LogP contribution is 2.23. The fourth-order valence-electron chi connectivity index (χ4n) is 1.85. The molecule has 0 radical (unpaired) electrons. The molecule has 0 saturated carbocycles. The molecule has 0 fully saturated rings. The lowest BCUT2D eigenvalue weighted by Gasteiger charge is -2.23. The van der Waals surface area contributed by atoms with Crippen molar-refractivity contribution >= 4 is 17.6 Å². The highest BCUT2D eigenvalue weighted by atomic mass is 16.5. The van der Waals surface area contributed by atoms with Gasteiger partial charge in [-0.15, -0.1) is 0 Å². The molecule has 6 heteroatoms. The van der Waals surface area contributed by atoms with Crippen LogP contribution >= 0.6 is 0 Å². The predicted molar refractivity (Wildman–Crippen MR) is 82.3 cm³/mol. The molecule has 0 saturated heterocycles. The molecular weight excluding hydrogens is 270 g/mol. The van der Waals surface area contributed by atoms with Crippen LogP contribution in [0.3, 0.4) is 0 Å². The van der Waals surface area contributed by atoms with Crippen molar-refractivity contribution in [2.75, 3.05) is 25.5 Å². The Morgan fingerprint density at radius 1 is 1.29 bits per heavy atom. The van der Waals surface area contributed by atoms with E-state index >= 15 is 0 Å². The first-order chi connectivity index (χ1) is 10.1. The molecule has 3 N–H and O–H groups in total. The fraction of sp³-hybridized carbons (Fsp3) is 0.467. The zero-order valence-electron chi connectivity index (χ0n) is 12.6. The summed E-state index contributed by atoms with van der Waals surface area (Å²) < 4.78 is 5.20. The number of unbranched alkanes of at least 4 members (excludes halogenated alkanes) is 1. The standard InChI is InChI=1S/C15H23N3O3/c1-3-4-10-18(11-9-14(16)19)15(20)17-12-7-5-6-8-13(12)21-2/h5-8H,3-4,9-11H2,1-2H3,(H2,16,19)(H,17,20). The zero-order chi connectivity index (χ0) is 15.7. The lowest BCUT2D eigenvalue weighted by Crippen LogP contribution is -2.38. The molecule has 0 aliphatic heterocycles. The summed E-state index contributed by atoms with van der Waals surface area (Å²) in [6.07, 6.45) is 2.00. The number of carbonyl (C=O) groups is 2. The van der Waals surface area contributed by atoms with Crippen LogP contribution in [0.25, 0.3) is 0 Å². The average molecular weight is 293 g/mol. The van der Waals surface area contributed by atoms with Crippen molar-refractivity contribution in [3.8, 4) is 5.75 Å². The Bertz CT molecular complexity index is 477. The van der Waals surface area contributed by atoms with Gasteiger partial charge in [-0.1, -0.05) is 25.5 Å². The van der Waals surface area contributed by atoms with Gasteiger partial charge in [0.1, 0.15) is 5.75 Å². The average Bonchev–Trinajstić information content (AvgIpc) is 2.47. The summed E-state index contributed by atoms with van der Waals surface area (Å²) in [6, 6.07) is 6.93. The molecule has 0 aliphatic rings. The van der Waals surface area contributed by atoms with E-state index in [0.29, 0.717) is 24.5 Å². The van der Waals surface area contributed by atoms with Crippen molar-refractivity contribution in [3.63, 3.8) is 0 Å². The number of rotatable bonds is 8. The number of nitrogens with one attached hydrogen (secondary N) is 1. The van der Waals surface area contributed by atoms with Gasteiger partial charge < -0.3 is 20.7 Å². The van der Waals surface area contributed by atoms with Crippen molar-refractivity contribution in [2.45, 2.75) is 26.2 Å². The topological polar surface area (TPSA) is 84.7 Å². The molecule has 0 bridgehead atoms. The summed E-state index contributed by atoms with van der Waals surface area (Å²) in [5.41, 5.74) is 5.75. The zero-order valence-corrected chi connectivity index (χ0v) is 12.6. The Balaban J connectivity index is 2.72. The summed E-state index contributed by atoms with van der Waals surface area (Å²) in [5.74, 6) is 0.179. The summed E-state index contributed by atoms with van der Waals surface area (Å²) in [6.45, 7) is 2.95. The molecule has 0 atom stereocenters. The van der Waals surface area contributed by atoms with Crippen LogP contribution in [0.15, 0.2) is 24.3 Å². The van der Waals surface area contributed by atoms with Crippen LogP contribution in [0.1, 0.15) is 26.2 Å². The summed E-state index contributed by atoms with van der Waals surface area (Å²) in [4.78, 5) is 24.8. The van der Waals surface area contributed by atoms with E-state index in [1.54, 1.807) is 24.1 Å². The second kappa shape index (κ2) is 8.84. The lowest BCUT2D eigenvalue weighted by molar-refractivity contribution is -0.118. The Kier molecular flexibility index (Phi) is 7.08. The predicted octanol–water partition coefficient (Wildman–Crippen LogP) is 2.20. The maximum atomic E-state index is 12.3. The molecule has 1 aromatic rings. The number of urea groups is 1. The molecule has 21 heavy (non-hydrogen) atoms. The minimum Gasteiger partial charge on any atom is -0.495 e. The Hall–Kier alpha value is -2.24. The van der Waals surface area contributed by atoms with Crippen LogP contribution < -0.4 is 15.8 Å². The molecule has 6 nitrogen and oxygen atoms in total. The highest BCUT2D eigenvalue weighted by Gasteiger charge is 2.15. The largest absolute Gasteiger partial charge is 0.495 e. The fourth-order valence-corrected chi connectivity index (χ4v) is 1.85. The molecule has 0 aliphatic carbocycles. The third kappa shape index (κ3) is 5.72. The minimum atomic E-state index is -0.415. The van der Waals surface area contributed by atoms with E-state index in [4.69, 9.17) is 10.5 Å². The van der Waals surface area contributed by atoms with Gasteiger partial charge in [-0.25, -0.2) is 4.79 Å². The molecule has 116 valence electrons. The molecule has 0 spiro atoms. The van der Waals surface area contributed by atoms with E-state index in [-0.39, 0.29) is 12.5 Å². The highest BCUT2D eigenvalue weighted by molar-refractivity contribution is 5.91. The van der Waals surface area contributed by atoms with Crippen LogP contribution in [0.2, 0.25) is 0 Å².